The maximum atomic E-state index is 13.4. The monoisotopic (exact) mass is 711 g/mol. The molecule has 0 spiro atoms. The van der Waals surface area contributed by atoms with Gasteiger partial charge in [0, 0.05) is 70.3 Å². The second-order valence-electron chi connectivity index (χ2n) is 12.1. The van der Waals surface area contributed by atoms with Gasteiger partial charge in [0.25, 0.3) is 0 Å². The first kappa shape index (κ1) is 41.1. The number of anilines is 2. The van der Waals surface area contributed by atoms with Gasteiger partial charge in [0.15, 0.2) is 0 Å². The standard InChI is InChI=1S/C22H28N4O6.C15H25NO3/c27-11-9-23-5-7-25-13-1-2-14(26-8-6-24-10-12-28)18-17(13)21(31)19-15(29)3-4-16(30)20(19)22(18)32;1-12(2)16-10-14(17)11-19-15-6-4-13(5-7-15)8-9-18-3/h1-4,23-30H,5-12H2;4-7,12,14,16-17H,8-11H2,1-3H3. The predicted molar refractivity (Wildman–Crippen MR) is 197 cm³/mol. The minimum atomic E-state index is -0.559. The number of aromatic hydroxyl groups is 2. The molecule has 1 aliphatic carbocycles. The molecule has 0 saturated heterocycles. The summed E-state index contributed by atoms with van der Waals surface area (Å²) in [7, 11) is 1.70. The zero-order chi connectivity index (χ0) is 37.2. The van der Waals surface area contributed by atoms with Gasteiger partial charge in [-0.3, -0.25) is 9.59 Å². The smallest absolute Gasteiger partial charge is 0.200 e. The average molecular weight is 712 g/mol. The molecule has 0 heterocycles. The average Bonchev–Trinajstić information content (AvgIpc) is 3.12. The summed E-state index contributed by atoms with van der Waals surface area (Å²) >= 11 is 0. The van der Waals surface area contributed by atoms with Crippen molar-refractivity contribution in [3.63, 3.8) is 0 Å². The number of benzene rings is 3. The van der Waals surface area contributed by atoms with Crippen molar-refractivity contribution in [3.8, 4) is 17.2 Å². The Hall–Kier alpha value is -4.28. The zero-order valence-corrected chi connectivity index (χ0v) is 29.6. The van der Waals surface area contributed by atoms with E-state index in [4.69, 9.17) is 19.7 Å². The van der Waals surface area contributed by atoms with Crippen molar-refractivity contribution in [2.45, 2.75) is 32.4 Å². The predicted octanol–water partition coefficient (Wildman–Crippen LogP) is 1.47. The number of carbonyl (C=O) groups is 2. The Balaban J connectivity index is 0.000000316. The number of phenols is 2. The molecule has 10 N–H and O–H groups in total. The normalized spacial score (nSPS) is 12.5. The van der Waals surface area contributed by atoms with Crippen LogP contribution in [0.2, 0.25) is 0 Å². The minimum absolute atomic E-state index is 0.00939. The number of methoxy groups -OCH3 is 1. The van der Waals surface area contributed by atoms with Gasteiger partial charge in [-0.15, -0.1) is 0 Å². The van der Waals surface area contributed by atoms with Crippen LogP contribution in [0.15, 0.2) is 48.5 Å². The number of aliphatic hydroxyl groups is 3. The lowest BCUT2D eigenvalue weighted by Crippen LogP contribution is -2.35. The number of hydrogen-bond donors (Lipinski definition) is 10. The van der Waals surface area contributed by atoms with Crippen molar-refractivity contribution < 1.29 is 44.6 Å². The van der Waals surface area contributed by atoms with E-state index < -0.39 is 17.7 Å². The Kier molecular flexibility index (Phi) is 17.6. The summed E-state index contributed by atoms with van der Waals surface area (Å²) in [6.07, 6.45) is 0.410. The Morgan fingerprint density at radius 2 is 1.20 bits per heavy atom. The fraction of sp³-hybridized carbons (Fsp3) is 0.459. The molecule has 0 fully saturated rings. The third kappa shape index (κ3) is 12.5. The highest BCUT2D eigenvalue weighted by Gasteiger charge is 2.37. The molecule has 0 radical (unpaired) electrons. The first-order valence-electron chi connectivity index (χ1n) is 17.2. The Labute approximate surface area is 299 Å². The lowest BCUT2D eigenvalue weighted by Gasteiger charge is -2.25. The van der Waals surface area contributed by atoms with Crippen LogP contribution in [-0.2, 0) is 11.2 Å². The molecule has 1 atom stereocenters. The van der Waals surface area contributed by atoms with Crippen molar-refractivity contribution in [1.82, 2.24) is 16.0 Å². The molecule has 1 unspecified atom stereocenters. The van der Waals surface area contributed by atoms with E-state index in [1.807, 2.05) is 38.1 Å². The second kappa shape index (κ2) is 21.8. The number of nitrogens with one attached hydrogen (secondary N) is 5. The molecule has 0 aromatic heterocycles. The maximum absolute atomic E-state index is 13.4. The number of ether oxygens (including phenoxy) is 2. The molecule has 14 heteroatoms. The third-order valence-corrected chi connectivity index (χ3v) is 7.81. The number of hydrogen-bond acceptors (Lipinski definition) is 14. The Morgan fingerprint density at radius 3 is 1.65 bits per heavy atom. The molecule has 3 aromatic rings. The minimum Gasteiger partial charge on any atom is -0.507 e. The summed E-state index contributed by atoms with van der Waals surface area (Å²) < 4.78 is 10.6. The molecule has 14 nitrogen and oxygen atoms in total. The van der Waals surface area contributed by atoms with Gasteiger partial charge in [-0.05, 0) is 48.4 Å². The summed E-state index contributed by atoms with van der Waals surface area (Å²) in [5, 5.41) is 63.5. The number of fused-ring (bicyclic) bond motifs is 2. The van der Waals surface area contributed by atoms with E-state index in [-0.39, 0.29) is 47.0 Å². The van der Waals surface area contributed by atoms with Gasteiger partial charge < -0.3 is 61.6 Å². The second-order valence-corrected chi connectivity index (χ2v) is 12.1. The van der Waals surface area contributed by atoms with Crippen molar-refractivity contribution in [2.24, 2.45) is 0 Å². The van der Waals surface area contributed by atoms with Gasteiger partial charge in [-0.25, -0.2) is 0 Å². The van der Waals surface area contributed by atoms with Crippen LogP contribution in [0, 0.1) is 0 Å². The lowest BCUT2D eigenvalue weighted by molar-refractivity contribution is 0.0975. The van der Waals surface area contributed by atoms with Crippen molar-refractivity contribution in [1.29, 1.82) is 0 Å². The maximum Gasteiger partial charge on any atom is 0.200 e. The molecule has 0 saturated carbocycles. The van der Waals surface area contributed by atoms with E-state index in [2.05, 4.69) is 26.6 Å². The van der Waals surface area contributed by atoms with Crippen molar-refractivity contribution >= 4 is 22.9 Å². The summed E-state index contributed by atoms with van der Waals surface area (Å²) in [6, 6.07) is 14.0. The van der Waals surface area contributed by atoms with Crippen LogP contribution >= 0.6 is 0 Å². The van der Waals surface area contributed by atoms with Crippen LogP contribution in [-0.4, -0.2) is 129 Å². The molecule has 51 heavy (non-hydrogen) atoms. The lowest BCUT2D eigenvalue weighted by atomic mass is 9.81. The molecule has 3 aromatic carbocycles. The van der Waals surface area contributed by atoms with Gasteiger partial charge in [0.05, 0.1) is 42.1 Å². The van der Waals surface area contributed by atoms with Crippen LogP contribution in [0.5, 0.6) is 17.2 Å². The third-order valence-electron chi connectivity index (χ3n) is 7.81. The van der Waals surface area contributed by atoms with Gasteiger partial charge in [0.1, 0.15) is 30.0 Å². The highest BCUT2D eigenvalue weighted by atomic mass is 16.5. The highest BCUT2D eigenvalue weighted by molar-refractivity contribution is 6.33. The summed E-state index contributed by atoms with van der Waals surface area (Å²) in [5.41, 5.74) is 1.90. The van der Waals surface area contributed by atoms with Crippen molar-refractivity contribution in [2.75, 3.05) is 90.0 Å². The van der Waals surface area contributed by atoms with Crippen molar-refractivity contribution in [3.05, 3.63) is 76.3 Å². The SMILES string of the molecule is COCCc1ccc(OCC(O)CNC(C)C)cc1.O=C1c2c(O)ccc(O)c2C(=O)c2c(NCCNCCO)ccc(NCCNCCO)c21. The van der Waals surface area contributed by atoms with Gasteiger partial charge in [-0.2, -0.15) is 0 Å². The topological polar surface area (TPSA) is 214 Å². The summed E-state index contributed by atoms with van der Waals surface area (Å²) in [5.74, 6) is -1.08. The molecular weight excluding hydrogens is 658 g/mol. The highest BCUT2D eigenvalue weighted by Crippen LogP contribution is 2.42. The van der Waals surface area contributed by atoms with Gasteiger partial charge >= 0.3 is 0 Å². The molecule has 0 bridgehead atoms. The Bertz CT molecular complexity index is 1460. The van der Waals surface area contributed by atoms with Crippen LogP contribution in [0.1, 0.15) is 51.3 Å². The molecular formula is C37H53N5O9. The fourth-order valence-corrected chi connectivity index (χ4v) is 5.23. The number of ketones is 2. The van der Waals surface area contributed by atoms with Gasteiger partial charge in [-0.1, -0.05) is 26.0 Å². The first-order valence-corrected chi connectivity index (χ1v) is 17.2. The van der Waals surface area contributed by atoms with E-state index in [0.717, 1.165) is 18.8 Å². The quantitative estimate of drug-likeness (QED) is 0.0438. The van der Waals surface area contributed by atoms with E-state index in [1.165, 1.54) is 17.7 Å². The van der Waals surface area contributed by atoms with Crippen LogP contribution in [0.3, 0.4) is 0 Å². The van der Waals surface area contributed by atoms with Gasteiger partial charge in [0.2, 0.25) is 11.6 Å². The Morgan fingerprint density at radius 1 is 0.686 bits per heavy atom. The van der Waals surface area contributed by atoms with Crippen LogP contribution < -0.4 is 31.3 Å². The number of phenolic OH excluding ortho intramolecular Hbond substituents is 2. The number of aliphatic hydroxyl groups excluding tert-OH is 3. The molecule has 1 aliphatic rings. The summed E-state index contributed by atoms with van der Waals surface area (Å²) in [4.78, 5) is 26.7. The van der Waals surface area contributed by atoms with Crippen LogP contribution in [0.25, 0.3) is 0 Å². The summed E-state index contributed by atoms with van der Waals surface area (Å²) in [6.45, 7) is 8.47. The van der Waals surface area contributed by atoms with E-state index in [1.54, 1.807) is 19.2 Å². The van der Waals surface area contributed by atoms with E-state index in [9.17, 15) is 24.9 Å². The number of carbonyl (C=O) groups excluding carboxylic acids is 2. The molecule has 0 amide bonds. The zero-order valence-electron chi connectivity index (χ0n) is 29.6. The fourth-order valence-electron chi connectivity index (χ4n) is 5.23. The molecule has 280 valence electrons. The van der Waals surface area contributed by atoms with E-state index >= 15 is 0 Å². The molecule has 4 rings (SSSR count). The van der Waals surface area contributed by atoms with E-state index in [0.29, 0.717) is 69.8 Å². The first-order chi connectivity index (χ1) is 24.6. The largest absolute Gasteiger partial charge is 0.507 e. The van der Waals surface area contributed by atoms with Crippen LogP contribution in [0.4, 0.5) is 11.4 Å². The molecule has 0 aliphatic heterocycles. The number of rotatable bonds is 21.